The second-order valence-electron chi connectivity index (χ2n) is 4.17. The number of aryl methyl sites for hydroxylation is 1. The molecule has 1 atom stereocenters. The van der Waals surface area contributed by atoms with Crippen molar-refractivity contribution in [3.05, 3.63) is 29.8 Å². The molecule has 1 heterocycles. The monoisotopic (exact) mass is 245 g/mol. The molecule has 92 valence electrons. The van der Waals surface area contributed by atoms with Gasteiger partial charge in [-0.2, -0.15) is 0 Å². The predicted molar refractivity (Wildman–Crippen MR) is 62.9 cm³/mol. The minimum absolute atomic E-state index is 0.351. The second kappa shape index (κ2) is 4.18. The van der Waals surface area contributed by atoms with Gasteiger partial charge < -0.3 is 0 Å². The average molecular weight is 245 g/mol. The van der Waals surface area contributed by atoms with Crippen molar-refractivity contribution in [1.82, 2.24) is 0 Å². The van der Waals surface area contributed by atoms with Crippen molar-refractivity contribution in [2.24, 2.45) is 5.92 Å². The van der Waals surface area contributed by atoms with E-state index in [2.05, 4.69) is 0 Å². The largest absolute Gasteiger partial charge is 0.302 e. The topological polar surface area (TPSA) is 71.5 Å². The Bertz CT molecular complexity index is 576. The van der Waals surface area contributed by atoms with Gasteiger partial charge in [0.2, 0.25) is 5.78 Å². The van der Waals surface area contributed by atoms with Gasteiger partial charge in [0.05, 0.1) is 5.69 Å². The van der Waals surface area contributed by atoms with E-state index in [-0.39, 0.29) is 0 Å². The molecule has 1 aromatic rings. The Hall–Kier alpha value is -2.30. The first-order valence-corrected chi connectivity index (χ1v) is 5.43. The lowest BCUT2D eigenvalue weighted by atomic mass is 10.0. The van der Waals surface area contributed by atoms with Gasteiger partial charge in [0, 0.05) is 0 Å². The van der Waals surface area contributed by atoms with Gasteiger partial charge >= 0.3 is 5.91 Å². The van der Waals surface area contributed by atoms with Crippen molar-refractivity contribution >= 4 is 29.1 Å². The Labute approximate surface area is 103 Å². The lowest BCUT2D eigenvalue weighted by Crippen LogP contribution is -2.32. The van der Waals surface area contributed by atoms with E-state index in [0.717, 1.165) is 11.8 Å². The molecule has 0 spiro atoms. The number of benzene rings is 1. The number of imide groups is 1. The third-order valence-electron chi connectivity index (χ3n) is 2.91. The number of anilines is 1. The highest BCUT2D eigenvalue weighted by Crippen LogP contribution is 2.27. The maximum absolute atomic E-state index is 12.0. The number of rotatable bonds is 2. The number of nitrogens with zero attached hydrogens (tertiary/aromatic N) is 1. The van der Waals surface area contributed by atoms with Crippen LogP contribution in [0.3, 0.4) is 0 Å². The molecule has 1 aromatic carbocycles. The summed E-state index contributed by atoms with van der Waals surface area (Å²) in [5.74, 6) is -4.72. The van der Waals surface area contributed by atoms with Crippen molar-refractivity contribution in [2.45, 2.75) is 13.8 Å². The van der Waals surface area contributed by atoms with Gasteiger partial charge in [-0.3, -0.25) is 19.2 Å². The van der Waals surface area contributed by atoms with Crippen LogP contribution in [0.1, 0.15) is 12.5 Å². The van der Waals surface area contributed by atoms with Gasteiger partial charge in [-0.15, -0.1) is 0 Å². The van der Waals surface area contributed by atoms with Crippen LogP contribution < -0.4 is 4.90 Å². The zero-order valence-corrected chi connectivity index (χ0v) is 9.97. The second-order valence-corrected chi connectivity index (χ2v) is 4.17. The smallest absolute Gasteiger partial charge is 0.299 e. The lowest BCUT2D eigenvalue weighted by molar-refractivity contribution is -0.139. The molecule has 5 nitrogen and oxygen atoms in total. The standard InChI is InChI=1S/C13H11NO4/c1-7-5-3-4-6-9(7)14-12(17)10(8(2)15)11(16)13(14)18/h3-6,10H,1-2H3/t10-/m0/s1. The third kappa shape index (κ3) is 1.64. The van der Waals surface area contributed by atoms with E-state index in [9.17, 15) is 19.2 Å². The summed E-state index contributed by atoms with van der Waals surface area (Å²) in [7, 11) is 0. The summed E-state index contributed by atoms with van der Waals surface area (Å²) >= 11 is 0. The van der Waals surface area contributed by atoms with Crippen LogP contribution in [0.5, 0.6) is 0 Å². The van der Waals surface area contributed by atoms with Crippen LogP contribution >= 0.6 is 0 Å². The maximum atomic E-state index is 12.0. The van der Waals surface area contributed by atoms with Crippen LogP contribution in [-0.4, -0.2) is 23.4 Å². The SMILES string of the molecule is CC(=O)[C@H]1C(=O)C(=O)N(c2ccccc2C)C1=O. The molecule has 5 heteroatoms. The van der Waals surface area contributed by atoms with E-state index in [1.807, 2.05) is 0 Å². The first-order chi connectivity index (χ1) is 8.45. The third-order valence-corrected chi connectivity index (χ3v) is 2.91. The summed E-state index contributed by atoms with van der Waals surface area (Å²) < 4.78 is 0. The molecule has 0 aliphatic carbocycles. The van der Waals surface area contributed by atoms with E-state index < -0.39 is 29.3 Å². The Kier molecular flexibility index (Phi) is 2.82. The van der Waals surface area contributed by atoms with E-state index in [1.54, 1.807) is 31.2 Å². The zero-order chi connectivity index (χ0) is 13.4. The summed E-state index contributed by atoms with van der Waals surface area (Å²) in [6, 6.07) is 6.71. The summed E-state index contributed by atoms with van der Waals surface area (Å²) in [5, 5.41) is 0. The van der Waals surface area contributed by atoms with Crippen LogP contribution in [-0.2, 0) is 19.2 Å². The fourth-order valence-electron chi connectivity index (χ4n) is 1.98. The molecule has 0 bridgehead atoms. The molecule has 18 heavy (non-hydrogen) atoms. The average Bonchev–Trinajstić information content (AvgIpc) is 2.52. The maximum Gasteiger partial charge on any atom is 0.302 e. The van der Waals surface area contributed by atoms with Crippen molar-refractivity contribution in [1.29, 1.82) is 0 Å². The number of hydrogen-bond donors (Lipinski definition) is 0. The number of Topliss-reactive ketones (excluding diaryl/α,β-unsaturated/α-hetero) is 2. The molecular formula is C13H11NO4. The van der Waals surface area contributed by atoms with Gasteiger partial charge in [-0.25, -0.2) is 4.90 Å². The summed E-state index contributed by atoms with van der Waals surface area (Å²) in [5.41, 5.74) is 1.04. The molecule has 1 aliphatic heterocycles. The highest BCUT2D eigenvalue weighted by atomic mass is 16.2. The van der Waals surface area contributed by atoms with Gasteiger partial charge in [-0.1, -0.05) is 18.2 Å². The first-order valence-electron chi connectivity index (χ1n) is 5.43. The Balaban J connectivity index is 2.51. The Morgan fingerprint density at radius 3 is 2.28 bits per heavy atom. The quantitative estimate of drug-likeness (QED) is 0.435. The molecule has 2 rings (SSSR count). The normalized spacial score (nSPS) is 19.6. The lowest BCUT2D eigenvalue weighted by Gasteiger charge is -2.15. The minimum atomic E-state index is -1.47. The van der Waals surface area contributed by atoms with E-state index in [1.165, 1.54) is 0 Å². The van der Waals surface area contributed by atoms with E-state index in [4.69, 9.17) is 0 Å². The van der Waals surface area contributed by atoms with Crippen LogP contribution in [0.2, 0.25) is 0 Å². The molecular weight excluding hydrogens is 234 g/mol. The van der Waals surface area contributed by atoms with Crippen molar-refractivity contribution < 1.29 is 19.2 Å². The van der Waals surface area contributed by atoms with Crippen LogP contribution in [0.25, 0.3) is 0 Å². The van der Waals surface area contributed by atoms with Gasteiger partial charge in [0.25, 0.3) is 5.91 Å². The number of ketones is 2. The minimum Gasteiger partial charge on any atom is -0.299 e. The molecule has 0 saturated carbocycles. The molecule has 0 N–H and O–H groups in total. The summed E-state index contributed by atoms with van der Waals surface area (Å²) in [6.07, 6.45) is 0. The number of carbonyl (C=O) groups excluding carboxylic acids is 4. The van der Waals surface area contributed by atoms with Crippen molar-refractivity contribution in [2.75, 3.05) is 4.90 Å². The van der Waals surface area contributed by atoms with Gasteiger partial charge in [0.15, 0.2) is 5.92 Å². The molecule has 0 unspecified atom stereocenters. The Morgan fingerprint density at radius 1 is 1.17 bits per heavy atom. The molecule has 1 aliphatic rings. The van der Waals surface area contributed by atoms with Crippen LogP contribution in [0.4, 0.5) is 5.69 Å². The van der Waals surface area contributed by atoms with Gasteiger partial charge in [0.1, 0.15) is 5.78 Å². The summed E-state index contributed by atoms with van der Waals surface area (Å²) in [6.45, 7) is 2.86. The Morgan fingerprint density at radius 2 is 1.78 bits per heavy atom. The molecule has 1 fully saturated rings. The molecule has 0 radical (unpaired) electrons. The molecule has 2 amide bonds. The number of hydrogen-bond acceptors (Lipinski definition) is 4. The highest BCUT2D eigenvalue weighted by Gasteiger charge is 2.50. The van der Waals surface area contributed by atoms with Gasteiger partial charge in [-0.05, 0) is 25.5 Å². The highest BCUT2D eigenvalue weighted by molar-refractivity contribution is 6.59. The fraction of sp³-hybridized carbons (Fsp3) is 0.231. The van der Waals surface area contributed by atoms with Crippen molar-refractivity contribution in [3.8, 4) is 0 Å². The van der Waals surface area contributed by atoms with E-state index >= 15 is 0 Å². The number of carbonyl (C=O) groups is 4. The number of amides is 2. The van der Waals surface area contributed by atoms with Crippen molar-refractivity contribution in [3.63, 3.8) is 0 Å². The molecule has 0 aromatic heterocycles. The first kappa shape index (κ1) is 12.2. The number of para-hydroxylation sites is 1. The van der Waals surface area contributed by atoms with Crippen LogP contribution in [0, 0.1) is 12.8 Å². The summed E-state index contributed by atoms with van der Waals surface area (Å²) in [4.78, 5) is 47.4. The molecule has 1 saturated heterocycles. The van der Waals surface area contributed by atoms with E-state index in [0.29, 0.717) is 11.3 Å². The fourth-order valence-corrected chi connectivity index (χ4v) is 1.98. The predicted octanol–water partition coefficient (Wildman–Crippen LogP) is 0.643. The van der Waals surface area contributed by atoms with Crippen LogP contribution in [0.15, 0.2) is 24.3 Å². The zero-order valence-electron chi connectivity index (χ0n) is 9.97.